The molecular weight excluding hydrogens is 405 g/mol. The van der Waals surface area contributed by atoms with Crippen LogP contribution in [0.2, 0.25) is 0 Å². The van der Waals surface area contributed by atoms with Crippen LogP contribution < -0.4 is 11.1 Å². The van der Waals surface area contributed by atoms with E-state index >= 15 is 0 Å². The predicted octanol–water partition coefficient (Wildman–Crippen LogP) is 3.95. The lowest BCUT2D eigenvalue weighted by Gasteiger charge is -2.19. The Morgan fingerprint density at radius 2 is 1.84 bits per heavy atom. The summed E-state index contributed by atoms with van der Waals surface area (Å²) in [7, 11) is 0. The summed E-state index contributed by atoms with van der Waals surface area (Å²) in [5, 5.41) is 3.29. The van der Waals surface area contributed by atoms with Crippen LogP contribution in [0.4, 0.5) is 10.2 Å². The van der Waals surface area contributed by atoms with Gasteiger partial charge in [-0.25, -0.2) is 9.37 Å². The lowest BCUT2D eigenvalue weighted by atomic mass is 9.91. The molecule has 1 aromatic carbocycles. The number of hydrogen-bond donors (Lipinski definition) is 2. The third-order valence-electron chi connectivity index (χ3n) is 5.09. The highest BCUT2D eigenvalue weighted by Gasteiger charge is 2.25. The van der Waals surface area contributed by atoms with E-state index in [-0.39, 0.29) is 5.82 Å². The van der Waals surface area contributed by atoms with Crippen molar-refractivity contribution in [2.45, 2.75) is 12.3 Å². The van der Waals surface area contributed by atoms with Crippen LogP contribution in [0, 0.1) is 5.82 Å². The minimum atomic E-state index is -0.747. The number of benzene rings is 1. The summed E-state index contributed by atoms with van der Waals surface area (Å²) in [5.41, 5.74) is 8.79. The van der Waals surface area contributed by atoms with Gasteiger partial charge in [0.25, 0.3) is 0 Å². The quantitative estimate of drug-likeness (QED) is 0.444. The molecule has 1 unspecified atom stereocenters. The van der Waals surface area contributed by atoms with Crippen LogP contribution in [-0.4, -0.2) is 27.4 Å². The summed E-state index contributed by atoms with van der Waals surface area (Å²) in [4.78, 5) is 25.5. The first-order valence-electron chi connectivity index (χ1n) is 10.2. The van der Waals surface area contributed by atoms with Crippen molar-refractivity contribution < 1.29 is 9.18 Å². The highest BCUT2D eigenvalue weighted by Crippen LogP contribution is 2.32. The van der Waals surface area contributed by atoms with Crippen LogP contribution in [0.1, 0.15) is 22.7 Å². The second kappa shape index (κ2) is 9.78. The van der Waals surface area contributed by atoms with E-state index in [1.807, 2.05) is 18.2 Å². The molecule has 0 saturated heterocycles. The van der Waals surface area contributed by atoms with Crippen molar-refractivity contribution in [2.24, 2.45) is 5.73 Å². The molecule has 0 bridgehead atoms. The lowest BCUT2D eigenvalue weighted by molar-refractivity contribution is -0.118. The minimum absolute atomic E-state index is 0.370. The van der Waals surface area contributed by atoms with Gasteiger partial charge in [0.15, 0.2) is 0 Å². The standard InChI is InChI=1S/C25H22FN5O/c26-21-9-2-1-8-19(21)22-11-10-20(23(24(27)32)17-6-5-13-28-16-17)25(31-22)30-15-12-18-7-3-4-14-29-18/h1-11,13-14,16,23H,12,15H2,(H2,27,32)(H,30,31). The summed E-state index contributed by atoms with van der Waals surface area (Å²) in [5.74, 6) is -1.17. The van der Waals surface area contributed by atoms with Gasteiger partial charge in [0.2, 0.25) is 5.91 Å². The second-order valence-corrected chi connectivity index (χ2v) is 7.23. The van der Waals surface area contributed by atoms with E-state index in [9.17, 15) is 9.18 Å². The molecule has 3 heterocycles. The number of carbonyl (C=O) groups excluding carboxylic acids is 1. The number of aromatic nitrogens is 3. The number of nitrogens with two attached hydrogens (primary N) is 1. The van der Waals surface area contributed by atoms with Gasteiger partial charge in [0.1, 0.15) is 11.6 Å². The molecular formula is C25H22FN5O. The Morgan fingerprint density at radius 1 is 1.00 bits per heavy atom. The summed E-state index contributed by atoms with van der Waals surface area (Å²) in [6, 6.07) is 19.2. The first-order valence-corrected chi connectivity index (χ1v) is 10.2. The highest BCUT2D eigenvalue weighted by atomic mass is 19.1. The van der Waals surface area contributed by atoms with Crippen molar-refractivity contribution >= 4 is 11.7 Å². The molecule has 0 aliphatic heterocycles. The van der Waals surface area contributed by atoms with Crippen molar-refractivity contribution in [1.82, 2.24) is 15.0 Å². The van der Waals surface area contributed by atoms with Gasteiger partial charge in [-0.15, -0.1) is 0 Å². The molecule has 0 spiro atoms. The van der Waals surface area contributed by atoms with Gasteiger partial charge in [0.05, 0.1) is 11.6 Å². The Morgan fingerprint density at radius 3 is 2.56 bits per heavy atom. The van der Waals surface area contributed by atoms with Crippen LogP contribution in [0.5, 0.6) is 0 Å². The van der Waals surface area contributed by atoms with E-state index in [1.54, 1.807) is 61.1 Å². The zero-order chi connectivity index (χ0) is 22.3. The van der Waals surface area contributed by atoms with Crippen molar-refractivity contribution in [1.29, 1.82) is 0 Å². The SMILES string of the molecule is NC(=O)C(c1cccnc1)c1ccc(-c2ccccc2F)nc1NCCc1ccccn1. The number of pyridine rings is 3. The van der Waals surface area contributed by atoms with Crippen molar-refractivity contribution in [3.8, 4) is 11.3 Å². The maximum absolute atomic E-state index is 14.4. The predicted molar refractivity (Wildman–Crippen MR) is 121 cm³/mol. The summed E-state index contributed by atoms with van der Waals surface area (Å²) < 4.78 is 14.4. The Hall–Kier alpha value is -4.13. The topological polar surface area (TPSA) is 93.8 Å². The molecule has 1 amide bonds. The average Bonchev–Trinajstić information content (AvgIpc) is 2.82. The van der Waals surface area contributed by atoms with Gasteiger partial charge in [0, 0.05) is 48.4 Å². The first-order chi connectivity index (χ1) is 15.6. The zero-order valence-corrected chi connectivity index (χ0v) is 17.3. The van der Waals surface area contributed by atoms with Gasteiger partial charge in [-0.05, 0) is 42.0 Å². The van der Waals surface area contributed by atoms with Crippen molar-refractivity contribution in [3.05, 3.63) is 108 Å². The van der Waals surface area contributed by atoms with Crippen LogP contribution in [-0.2, 0) is 11.2 Å². The molecule has 3 aromatic heterocycles. The maximum atomic E-state index is 14.4. The Bertz CT molecular complexity index is 1200. The maximum Gasteiger partial charge on any atom is 0.229 e. The number of amides is 1. The number of nitrogens with zero attached hydrogens (tertiary/aromatic N) is 3. The smallest absolute Gasteiger partial charge is 0.229 e. The number of nitrogens with one attached hydrogen (secondary N) is 1. The number of rotatable bonds is 8. The normalized spacial score (nSPS) is 11.7. The van der Waals surface area contributed by atoms with Gasteiger partial charge in [-0.1, -0.05) is 30.3 Å². The molecule has 4 rings (SSSR count). The molecule has 1 atom stereocenters. The van der Waals surface area contributed by atoms with Crippen LogP contribution in [0.25, 0.3) is 11.3 Å². The molecule has 3 N–H and O–H groups in total. The van der Waals surface area contributed by atoms with Crippen LogP contribution in [0.3, 0.4) is 0 Å². The molecule has 7 heteroatoms. The van der Waals surface area contributed by atoms with E-state index in [4.69, 9.17) is 5.73 Å². The Balaban J connectivity index is 1.72. The van der Waals surface area contributed by atoms with E-state index in [0.717, 1.165) is 5.69 Å². The number of carbonyl (C=O) groups is 1. The van der Waals surface area contributed by atoms with Gasteiger partial charge in [-0.2, -0.15) is 0 Å². The monoisotopic (exact) mass is 427 g/mol. The van der Waals surface area contributed by atoms with Gasteiger partial charge < -0.3 is 11.1 Å². The molecule has 4 aromatic rings. The van der Waals surface area contributed by atoms with Crippen LogP contribution >= 0.6 is 0 Å². The Kier molecular flexibility index (Phi) is 6.46. The largest absolute Gasteiger partial charge is 0.369 e. The van der Waals surface area contributed by atoms with Crippen LogP contribution in [0.15, 0.2) is 85.3 Å². The molecule has 0 saturated carbocycles. The molecule has 160 valence electrons. The third kappa shape index (κ3) is 4.78. The van der Waals surface area contributed by atoms with Gasteiger partial charge >= 0.3 is 0 Å². The van der Waals surface area contributed by atoms with Gasteiger partial charge in [-0.3, -0.25) is 14.8 Å². The number of anilines is 1. The fraction of sp³-hybridized carbons (Fsp3) is 0.120. The second-order valence-electron chi connectivity index (χ2n) is 7.23. The van der Waals surface area contributed by atoms with E-state index in [2.05, 4.69) is 20.3 Å². The van der Waals surface area contributed by atoms with Crippen molar-refractivity contribution in [3.63, 3.8) is 0 Å². The Labute approximate surface area is 185 Å². The van der Waals surface area contributed by atoms with E-state index in [0.29, 0.717) is 41.2 Å². The summed E-state index contributed by atoms with van der Waals surface area (Å²) in [6.45, 7) is 0.524. The molecule has 32 heavy (non-hydrogen) atoms. The molecule has 0 aliphatic carbocycles. The molecule has 0 fully saturated rings. The molecule has 0 radical (unpaired) electrons. The number of halogens is 1. The van der Waals surface area contributed by atoms with E-state index in [1.165, 1.54) is 6.07 Å². The highest BCUT2D eigenvalue weighted by molar-refractivity contribution is 5.87. The van der Waals surface area contributed by atoms with E-state index < -0.39 is 11.8 Å². The first kappa shape index (κ1) is 21.1. The number of hydrogen-bond acceptors (Lipinski definition) is 5. The molecule has 6 nitrogen and oxygen atoms in total. The average molecular weight is 427 g/mol. The lowest BCUT2D eigenvalue weighted by Crippen LogP contribution is -2.24. The molecule has 0 aliphatic rings. The van der Waals surface area contributed by atoms with Crippen molar-refractivity contribution in [2.75, 3.05) is 11.9 Å². The fourth-order valence-electron chi connectivity index (χ4n) is 3.56. The summed E-state index contributed by atoms with van der Waals surface area (Å²) in [6.07, 6.45) is 5.63. The fourth-order valence-corrected chi connectivity index (χ4v) is 3.56. The summed E-state index contributed by atoms with van der Waals surface area (Å²) >= 11 is 0. The minimum Gasteiger partial charge on any atom is -0.369 e. The third-order valence-corrected chi connectivity index (χ3v) is 5.09. The zero-order valence-electron chi connectivity index (χ0n) is 17.3. The number of primary amides is 1.